The minimum atomic E-state index is -0.503. The van der Waals surface area contributed by atoms with Crippen LogP contribution in [0.25, 0.3) is 0 Å². The summed E-state index contributed by atoms with van der Waals surface area (Å²) in [6, 6.07) is 1.90. The van der Waals surface area contributed by atoms with E-state index in [-0.39, 0.29) is 11.4 Å². The first-order chi connectivity index (χ1) is 7.65. The van der Waals surface area contributed by atoms with Crippen LogP contribution in [0.15, 0.2) is 4.79 Å². The Hall–Kier alpha value is -1.76. The van der Waals surface area contributed by atoms with E-state index in [1.165, 1.54) is 0 Å². The van der Waals surface area contributed by atoms with Gasteiger partial charge in [-0.05, 0) is 24.8 Å². The van der Waals surface area contributed by atoms with Crippen LogP contribution in [0.4, 0.5) is 0 Å². The third kappa shape index (κ3) is 2.25. The highest BCUT2D eigenvalue weighted by Gasteiger charge is 2.15. The van der Waals surface area contributed by atoms with Gasteiger partial charge in [-0.3, -0.25) is 9.78 Å². The number of aromatic hydroxyl groups is 1. The van der Waals surface area contributed by atoms with Gasteiger partial charge in [-0.1, -0.05) is 20.3 Å². The second kappa shape index (κ2) is 5.36. The van der Waals surface area contributed by atoms with Gasteiger partial charge in [0.25, 0.3) is 5.56 Å². The van der Waals surface area contributed by atoms with E-state index in [4.69, 9.17) is 5.26 Å². The molecule has 0 aliphatic rings. The zero-order chi connectivity index (χ0) is 12.1. The van der Waals surface area contributed by atoms with Gasteiger partial charge < -0.3 is 5.11 Å². The van der Waals surface area contributed by atoms with Crippen LogP contribution in [0.3, 0.4) is 0 Å². The van der Waals surface area contributed by atoms with Gasteiger partial charge in [0.05, 0.1) is 0 Å². The summed E-state index contributed by atoms with van der Waals surface area (Å²) in [5.41, 5.74) is 1.02. The maximum Gasteiger partial charge on any atom is 0.268 e. The predicted molar refractivity (Wildman–Crippen MR) is 61.4 cm³/mol. The van der Waals surface area contributed by atoms with Crippen LogP contribution in [-0.2, 0) is 12.8 Å². The first-order valence-corrected chi connectivity index (χ1v) is 5.52. The fourth-order valence-corrected chi connectivity index (χ4v) is 1.81. The van der Waals surface area contributed by atoms with Crippen molar-refractivity contribution in [2.75, 3.05) is 0 Å². The van der Waals surface area contributed by atoms with Crippen LogP contribution in [0, 0.1) is 11.3 Å². The lowest BCUT2D eigenvalue weighted by Crippen LogP contribution is -2.15. The van der Waals surface area contributed by atoms with Gasteiger partial charge in [0.15, 0.2) is 5.88 Å². The van der Waals surface area contributed by atoms with E-state index in [1.807, 2.05) is 13.0 Å². The summed E-state index contributed by atoms with van der Waals surface area (Å²) >= 11 is 0. The topological polar surface area (TPSA) is 76.9 Å². The lowest BCUT2D eigenvalue weighted by Gasteiger charge is -2.10. The number of rotatable bonds is 4. The number of hydrogen-bond donors (Lipinski definition) is 2. The molecule has 0 saturated heterocycles. The molecule has 86 valence electrons. The third-order valence-corrected chi connectivity index (χ3v) is 2.66. The van der Waals surface area contributed by atoms with Gasteiger partial charge in [0, 0.05) is 5.56 Å². The highest BCUT2D eigenvalue weighted by atomic mass is 16.3. The number of nitrogens with zero attached hydrogens (tertiary/aromatic N) is 1. The van der Waals surface area contributed by atoms with E-state index in [2.05, 4.69) is 11.9 Å². The third-order valence-electron chi connectivity index (χ3n) is 2.66. The second-order valence-corrected chi connectivity index (χ2v) is 3.70. The summed E-state index contributed by atoms with van der Waals surface area (Å²) in [6.45, 7) is 3.93. The molecule has 0 unspecified atom stereocenters. The van der Waals surface area contributed by atoms with Crippen molar-refractivity contribution >= 4 is 0 Å². The molecule has 2 N–H and O–H groups in total. The van der Waals surface area contributed by atoms with Gasteiger partial charge >= 0.3 is 0 Å². The lowest BCUT2D eigenvalue weighted by atomic mass is 9.98. The Morgan fingerprint density at radius 2 is 2.06 bits per heavy atom. The van der Waals surface area contributed by atoms with Crippen molar-refractivity contribution in [1.82, 2.24) is 4.98 Å². The molecule has 4 heteroatoms. The molecule has 0 spiro atoms. The average molecular weight is 220 g/mol. The van der Waals surface area contributed by atoms with E-state index < -0.39 is 5.56 Å². The summed E-state index contributed by atoms with van der Waals surface area (Å²) in [5, 5.41) is 18.6. The molecule has 0 aromatic carbocycles. The molecule has 1 rings (SSSR count). The molecule has 4 nitrogen and oxygen atoms in total. The van der Waals surface area contributed by atoms with Crippen molar-refractivity contribution in [3.05, 3.63) is 27.0 Å². The quantitative estimate of drug-likeness (QED) is 0.813. The Bertz CT molecular complexity index is 469. The lowest BCUT2D eigenvalue weighted by molar-refractivity contribution is 0.441. The fraction of sp³-hybridized carbons (Fsp3) is 0.500. The summed E-state index contributed by atoms with van der Waals surface area (Å²) in [6.07, 6.45) is 3.21. The van der Waals surface area contributed by atoms with Crippen LogP contribution in [0.1, 0.15) is 43.4 Å². The maximum atomic E-state index is 11.4. The number of aromatic nitrogens is 1. The van der Waals surface area contributed by atoms with E-state index in [0.717, 1.165) is 12.8 Å². The molecule has 0 amide bonds. The normalized spacial score (nSPS) is 10.1. The van der Waals surface area contributed by atoms with Gasteiger partial charge in [-0.25, -0.2) is 0 Å². The molecule has 16 heavy (non-hydrogen) atoms. The standard InChI is InChI=1S/C12H16N2O2/c1-3-5-6-9-8(4-2)10(7-13)12(16)14-11(9)15/h3-6H2,1-2H3,(H2,14,15,16). The first-order valence-electron chi connectivity index (χ1n) is 5.52. The van der Waals surface area contributed by atoms with Crippen LogP contribution in [0.5, 0.6) is 5.88 Å². The number of H-pyrrole nitrogens is 1. The van der Waals surface area contributed by atoms with Gasteiger partial charge in [-0.2, -0.15) is 5.26 Å². The number of nitriles is 1. The molecule has 1 aromatic heterocycles. The number of unbranched alkanes of at least 4 members (excludes halogenated alkanes) is 1. The van der Waals surface area contributed by atoms with Crippen molar-refractivity contribution in [1.29, 1.82) is 5.26 Å². The largest absolute Gasteiger partial charge is 0.494 e. The minimum absolute atomic E-state index is 0.0886. The Balaban J connectivity index is 3.36. The monoisotopic (exact) mass is 220 g/mol. The maximum absolute atomic E-state index is 11.4. The molecule has 0 fully saturated rings. The average Bonchev–Trinajstić information content (AvgIpc) is 2.27. The molecule has 0 aliphatic heterocycles. The number of aromatic amines is 1. The van der Waals surface area contributed by atoms with Crippen LogP contribution in [0.2, 0.25) is 0 Å². The van der Waals surface area contributed by atoms with Crippen LogP contribution in [-0.4, -0.2) is 10.1 Å². The summed E-state index contributed by atoms with van der Waals surface area (Å²) in [4.78, 5) is 13.8. The summed E-state index contributed by atoms with van der Waals surface area (Å²) in [7, 11) is 0. The molecule has 0 radical (unpaired) electrons. The van der Waals surface area contributed by atoms with E-state index >= 15 is 0 Å². The Kier molecular flexibility index (Phi) is 4.12. The Labute approximate surface area is 94.6 Å². The smallest absolute Gasteiger partial charge is 0.268 e. The van der Waals surface area contributed by atoms with Gasteiger partial charge in [0.1, 0.15) is 11.6 Å². The molecular weight excluding hydrogens is 204 g/mol. The number of pyridine rings is 1. The fourth-order valence-electron chi connectivity index (χ4n) is 1.81. The van der Waals surface area contributed by atoms with Crippen molar-refractivity contribution in [3.8, 4) is 11.9 Å². The summed E-state index contributed by atoms with van der Waals surface area (Å²) < 4.78 is 0. The highest BCUT2D eigenvalue weighted by molar-refractivity contribution is 5.45. The molecular formula is C12H16N2O2. The number of hydrogen-bond acceptors (Lipinski definition) is 3. The van der Waals surface area contributed by atoms with Crippen molar-refractivity contribution in [2.24, 2.45) is 0 Å². The van der Waals surface area contributed by atoms with Crippen LogP contribution >= 0.6 is 0 Å². The molecule has 0 atom stereocenters. The Morgan fingerprint density at radius 3 is 2.56 bits per heavy atom. The van der Waals surface area contributed by atoms with Crippen molar-refractivity contribution in [2.45, 2.75) is 39.5 Å². The predicted octanol–water partition coefficient (Wildman–Crippen LogP) is 1.86. The zero-order valence-corrected chi connectivity index (χ0v) is 9.63. The van der Waals surface area contributed by atoms with E-state index in [0.29, 0.717) is 24.0 Å². The highest BCUT2D eigenvalue weighted by Crippen LogP contribution is 2.22. The minimum Gasteiger partial charge on any atom is -0.494 e. The molecule has 1 heterocycles. The van der Waals surface area contributed by atoms with E-state index in [9.17, 15) is 9.90 Å². The molecule has 0 aliphatic carbocycles. The van der Waals surface area contributed by atoms with Crippen LogP contribution < -0.4 is 5.56 Å². The van der Waals surface area contributed by atoms with E-state index in [1.54, 1.807) is 0 Å². The van der Waals surface area contributed by atoms with Crippen molar-refractivity contribution in [3.63, 3.8) is 0 Å². The van der Waals surface area contributed by atoms with Crippen molar-refractivity contribution < 1.29 is 5.11 Å². The van der Waals surface area contributed by atoms with Gasteiger partial charge in [0.2, 0.25) is 0 Å². The first kappa shape index (κ1) is 12.3. The molecule has 0 bridgehead atoms. The number of nitrogens with one attached hydrogen (secondary N) is 1. The molecule has 1 aromatic rings. The Morgan fingerprint density at radius 1 is 1.38 bits per heavy atom. The zero-order valence-electron chi connectivity index (χ0n) is 9.63. The second-order valence-electron chi connectivity index (χ2n) is 3.70. The SMILES string of the molecule is CCCCc1c(O)[nH]c(=O)c(C#N)c1CC. The van der Waals surface area contributed by atoms with Gasteiger partial charge in [-0.15, -0.1) is 0 Å². The summed E-state index contributed by atoms with van der Waals surface area (Å²) in [5.74, 6) is -0.0886. The molecule has 0 saturated carbocycles.